The average molecular weight is 300 g/mol. The topological polar surface area (TPSA) is 52.6 Å². The van der Waals surface area contributed by atoms with Crippen LogP contribution in [0.25, 0.3) is 0 Å². The number of hydrogen-bond acceptors (Lipinski definition) is 4. The van der Waals surface area contributed by atoms with E-state index in [9.17, 15) is 9.59 Å². The Balaban J connectivity index is 2.92. The maximum Gasteiger partial charge on any atom is 0.312 e. The molecule has 1 fully saturated rings. The van der Waals surface area contributed by atoms with Crippen LogP contribution in [0, 0.1) is 5.92 Å². The largest absolute Gasteiger partial charge is 0.462 e. The average Bonchev–Trinajstić information content (AvgIpc) is 2.20. The van der Waals surface area contributed by atoms with E-state index in [1.807, 2.05) is 6.92 Å². The van der Waals surface area contributed by atoms with Crippen LogP contribution < -0.4 is 0 Å². The Labute approximate surface area is 123 Å². The summed E-state index contributed by atoms with van der Waals surface area (Å²) < 4.78 is 11.7. The molecule has 0 aromatic rings. The van der Waals surface area contributed by atoms with Crippen molar-refractivity contribution in [2.75, 3.05) is 0 Å². The van der Waals surface area contributed by atoms with Gasteiger partial charge in [-0.2, -0.15) is 0 Å². The van der Waals surface area contributed by atoms with Gasteiger partial charge in [-0.1, -0.05) is 20.8 Å². The number of carbonyl (C=O) groups is 2. The third-order valence-electron chi connectivity index (χ3n) is 4.39. The third kappa shape index (κ3) is 4.15. The van der Waals surface area contributed by atoms with Crippen molar-refractivity contribution in [2.45, 2.75) is 77.8 Å². The van der Waals surface area contributed by atoms with Gasteiger partial charge < -0.3 is 14.0 Å². The standard InChI is InChI=1S/C15H28O4Si/c1-10(16)8-12-13(9-11(2)18-14(12)17)19-20(6,7)15(3,4)5/h11-13H,8-9H2,1-7H3. The van der Waals surface area contributed by atoms with Crippen molar-refractivity contribution < 1.29 is 18.8 Å². The Kier molecular flexibility index (Phi) is 5.19. The highest BCUT2D eigenvalue weighted by atomic mass is 28.4. The van der Waals surface area contributed by atoms with E-state index < -0.39 is 14.2 Å². The van der Waals surface area contributed by atoms with Crippen LogP contribution in [0.4, 0.5) is 0 Å². The van der Waals surface area contributed by atoms with Crippen molar-refractivity contribution in [3.05, 3.63) is 0 Å². The lowest BCUT2D eigenvalue weighted by Gasteiger charge is -2.43. The molecule has 0 N–H and O–H groups in total. The van der Waals surface area contributed by atoms with E-state index in [1.165, 1.54) is 6.92 Å². The lowest BCUT2D eigenvalue weighted by Crippen LogP contribution is -2.51. The molecule has 3 unspecified atom stereocenters. The molecule has 1 aliphatic rings. The number of Topliss-reactive ketones (excluding diaryl/α,β-unsaturated/α-hetero) is 1. The number of hydrogen-bond donors (Lipinski definition) is 0. The molecule has 1 saturated heterocycles. The minimum absolute atomic E-state index is 0.00494. The van der Waals surface area contributed by atoms with Crippen LogP contribution >= 0.6 is 0 Å². The van der Waals surface area contributed by atoms with Gasteiger partial charge in [-0.05, 0) is 32.0 Å². The molecule has 3 atom stereocenters. The fourth-order valence-electron chi connectivity index (χ4n) is 2.19. The molecule has 0 bridgehead atoms. The molecule has 0 radical (unpaired) electrons. The first-order chi connectivity index (χ1) is 8.94. The Hall–Kier alpha value is -0.683. The predicted molar refractivity (Wildman–Crippen MR) is 81.0 cm³/mol. The van der Waals surface area contributed by atoms with E-state index in [0.29, 0.717) is 6.42 Å². The first-order valence-electron chi connectivity index (χ1n) is 7.32. The molecule has 0 aromatic heterocycles. The Bertz CT molecular complexity index is 384. The highest BCUT2D eigenvalue weighted by molar-refractivity contribution is 6.74. The van der Waals surface area contributed by atoms with Gasteiger partial charge in [0.25, 0.3) is 0 Å². The summed E-state index contributed by atoms with van der Waals surface area (Å²) in [5, 5.41) is 0.0817. The summed E-state index contributed by atoms with van der Waals surface area (Å²) in [6.45, 7) is 14.2. The van der Waals surface area contributed by atoms with Gasteiger partial charge in [0.1, 0.15) is 11.9 Å². The number of rotatable bonds is 4. The smallest absolute Gasteiger partial charge is 0.312 e. The van der Waals surface area contributed by atoms with Gasteiger partial charge in [0.2, 0.25) is 0 Å². The van der Waals surface area contributed by atoms with Crippen LogP contribution in [0.5, 0.6) is 0 Å². The highest BCUT2D eigenvalue weighted by Gasteiger charge is 2.45. The van der Waals surface area contributed by atoms with E-state index in [2.05, 4.69) is 33.9 Å². The van der Waals surface area contributed by atoms with E-state index in [0.717, 1.165) is 0 Å². The zero-order chi connectivity index (χ0) is 15.7. The summed E-state index contributed by atoms with van der Waals surface area (Å²) in [6, 6.07) is 0. The summed E-state index contributed by atoms with van der Waals surface area (Å²) in [5.41, 5.74) is 0. The van der Waals surface area contributed by atoms with Crippen molar-refractivity contribution in [3.8, 4) is 0 Å². The van der Waals surface area contributed by atoms with Crippen molar-refractivity contribution >= 4 is 20.1 Å². The molecule has 0 aliphatic carbocycles. The summed E-state index contributed by atoms with van der Waals surface area (Å²) in [5.74, 6) is -0.731. The van der Waals surface area contributed by atoms with E-state index in [-0.39, 0.29) is 35.4 Å². The fourth-order valence-corrected chi connectivity index (χ4v) is 3.56. The summed E-state index contributed by atoms with van der Waals surface area (Å²) in [4.78, 5) is 23.4. The Morgan fingerprint density at radius 3 is 2.40 bits per heavy atom. The molecule has 116 valence electrons. The Morgan fingerprint density at radius 1 is 1.40 bits per heavy atom. The lowest BCUT2D eigenvalue weighted by molar-refractivity contribution is -0.168. The maximum atomic E-state index is 12.0. The van der Waals surface area contributed by atoms with Crippen molar-refractivity contribution in [1.82, 2.24) is 0 Å². The number of ether oxygens (including phenoxy) is 1. The van der Waals surface area contributed by atoms with E-state index in [1.54, 1.807) is 0 Å². The fraction of sp³-hybridized carbons (Fsp3) is 0.867. The molecule has 0 saturated carbocycles. The van der Waals surface area contributed by atoms with Gasteiger partial charge in [0, 0.05) is 12.8 Å². The van der Waals surface area contributed by atoms with Crippen LogP contribution in [-0.4, -0.2) is 32.3 Å². The highest BCUT2D eigenvalue weighted by Crippen LogP contribution is 2.40. The molecule has 0 aromatic carbocycles. The second-order valence-corrected chi connectivity index (χ2v) is 12.2. The van der Waals surface area contributed by atoms with Crippen molar-refractivity contribution in [1.29, 1.82) is 0 Å². The zero-order valence-electron chi connectivity index (χ0n) is 13.8. The molecule has 0 spiro atoms. The molecule has 1 rings (SSSR count). The van der Waals surface area contributed by atoms with E-state index in [4.69, 9.17) is 9.16 Å². The summed E-state index contributed by atoms with van der Waals surface area (Å²) in [7, 11) is -1.96. The maximum absolute atomic E-state index is 12.0. The Morgan fingerprint density at radius 2 is 1.95 bits per heavy atom. The molecule has 20 heavy (non-hydrogen) atoms. The molecule has 0 amide bonds. The number of carbonyl (C=O) groups excluding carboxylic acids is 2. The summed E-state index contributed by atoms with van der Waals surface area (Å²) in [6.07, 6.45) is 0.553. The first-order valence-corrected chi connectivity index (χ1v) is 10.2. The van der Waals surface area contributed by atoms with Gasteiger partial charge in [0.15, 0.2) is 8.32 Å². The lowest BCUT2D eigenvalue weighted by atomic mass is 9.90. The minimum Gasteiger partial charge on any atom is -0.462 e. The van der Waals surface area contributed by atoms with Crippen LogP contribution in [0.2, 0.25) is 18.1 Å². The zero-order valence-corrected chi connectivity index (χ0v) is 14.8. The molecular formula is C15H28O4Si. The van der Waals surface area contributed by atoms with E-state index >= 15 is 0 Å². The first kappa shape index (κ1) is 17.4. The van der Waals surface area contributed by atoms with Crippen LogP contribution in [0.1, 0.15) is 47.5 Å². The summed E-state index contributed by atoms with van der Waals surface area (Å²) >= 11 is 0. The monoisotopic (exact) mass is 300 g/mol. The van der Waals surface area contributed by atoms with Gasteiger partial charge in [-0.25, -0.2) is 0 Å². The van der Waals surface area contributed by atoms with Gasteiger partial charge in [-0.15, -0.1) is 0 Å². The van der Waals surface area contributed by atoms with Gasteiger partial charge in [-0.3, -0.25) is 4.79 Å². The molecule has 1 aliphatic heterocycles. The third-order valence-corrected chi connectivity index (χ3v) is 8.90. The quantitative estimate of drug-likeness (QED) is 0.590. The predicted octanol–water partition coefficient (Wildman–Crippen LogP) is 3.31. The number of cyclic esters (lactones) is 1. The van der Waals surface area contributed by atoms with Crippen molar-refractivity contribution in [2.24, 2.45) is 5.92 Å². The molecule has 5 heteroatoms. The molecule has 4 nitrogen and oxygen atoms in total. The van der Waals surface area contributed by atoms with Crippen LogP contribution in [0.3, 0.4) is 0 Å². The van der Waals surface area contributed by atoms with Gasteiger partial charge in [0.05, 0.1) is 12.0 Å². The van der Waals surface area contributed by atoms with Gasteiger partial charge >= 0.3 is 5.97 Å². The molecular weight excluding hydrogens is 272 g/mol. The number of esters is 1. The molecule has 1 heterocycles. The normalized spacial score (nSPS) is 28.1. The SMILES string of the molecule is CC(=O)CC1C(=O)OC(C)CC1O[Si](C)(C)C(C)(C)C. The number of ketones is 1. The second kappa shape index (κ2) is 5.98. The van der Waals surface area contributed by atoms with Crippen LogP contribution in [0.15, 0.2) is 0 Å². The second-order valence-electron chi connectivity index (χ2n) is 7.41. The van der Waals surface area contributed by atoms with Crippen LogP contribution in [-0.2, 0) is 18.8 Å². The minimum atomic E-state index is -1.96. The van der Waals surface area contributed by atoms with Crippen molar-refractivity contribution in [3.63, 3.8) is 0 Å².